The summed E-state index contributed by atoms with van der Waals surface area (Å²) in [7, 11) is 0. The Morgan fingerprint density at radius 1 is 0.731 bits per heavy atom. The van der Waals surface area contributed by atoms with Crippen LogP contribution in [0.15, 0.2) is 22.3 Å². The highest BCUT2D eigenvalue weighted by molar-refractivity contribution is 7.19. The molecule has 0 unspecified atom stereocenters. The number of benzene rings is 1. The molecule has 0 radical (unpaired) electrons. The molecule has 0 amide bonds. The summed E-state index contributed by atoms with van der Waals surface area (Å²) in [4.78, 5) is 0. The fourth-order valence-electron chi connectivity index (χ4n) is 4.14. The summed E-state index contributed by atoms with van der Waals surface area (Å²) < 4.78 is 29.4. The smallest absolute Gasteiger partial charge is 0.177 e. The molecule has 2 aromatic heterocycles. The van der Waals surface area contributed by atoms with E-state index in [1.54, 1.807) is 0 Å². The Balaban J connectivity index is 2.24. The van der Waals surface area contributed by atoms with Gasteiger partial charge in [0.05, 0.1) is 10.7 Å². The van der Waals surface area contributed by atoms with Crippen molar-refractivity contribution >= 4 is 64.4 Å². The fourth-order valence-corrected chi connectivity index (χ4v) is 6.13. The summed E-state index contributed by atoms with van der Waals surface area (Å²) in [6.45, 7) is 3.91. The Morgan fingerprint density at radius 2 is 1.12 bits per heavy atom. The second-order valence-electron chi connectivity index (χ2n) is 6.29. The van der Waals surface area contributed by atoms with Gasteiger partial charge in [0.2, 0.25) is 0 Å². The van der Waals surface area contributed by atoms with Crippen LogP contribution in [0.3, 0.4) is 0 Å². The van der Waals surface area contributed by atoms with Gasteiger partial charge in [0.15, 0.2) is 10.3 Å². The summed E-state index contributed by atoms with van der Waals surface area (Å²) in [6, 6.07) is 2.92. The minimum absolute atomic E-state index is 0.284. The quantitative estimate of drug-likeness (QED) is 0.314. The van der Waals surface area contributed by atoms with Crippen molar-refractivity contribution in [1.29, 1.82) is 0 Å². The number of rotatable bonds is 0. The molecule has 26 heavy (non-hydrogen) atoms. The second-order valence-corrected chi connectivity index (χ2v) is 8.30. The summed E-state index contributed by atoms with van der Waals surface area (Å²) >= 11 is 2.15. The van der Waals surface area contributed by atoms with Gasteiger partial charge in [-0.15, -0.1) is 22.7 Å². The number of fused-ring (bicyclic) bond motifs is 6. The Bertz CT molecular complexity index is 1380. The minimum Gasteiger partial charge on any atom is -0.323 e. The van der Waals surface area contributed by atoms with Crippen molar-refractivity contribution in [3.8, 4) is 0 Å². The molecule has 2 heterocycles. The summed E-state index contributed by atoms with van der Waals surface area (Å²) in [6.07, 6.45) is 0. The van der Waals surface area contributed by atoms with Crippen LogP contribution in [0.4, 0.5) is 8.78 Å². The topological polar surface area (TPSA) is 76.8 Å². The molecule has 5 rings (SSSR count). The largest absolute Gasteiger partial charge is 0.323 e. The zero-order valence-electron chi connectivity index (χ0n) is 13.8. The van der Waals surface area contributed by atoms with Crippen molar-refractivity contribution in [1.82, 2.24) is 0 Å². The lowest BCUT2D eigenvalue weighted by atomic mass is 9.98. The third-order valence-electron chi connectivity index (χ3n) is 5.10. The van der Waals surface area contributed by atoms with Gasteiger partial charge in [0, 0.05) is 41.7 Å². The van der Waals surface area contributed by atoms with E-state index in [1.165, 1.54) is 12.1 Å². The van der Waals surface area contributed by atoms with Gasteiger partial charge in [0.25, 0.3) is 0 Å². The molecule has 4 N–H and O–H groups in total. The summed E-state index contributed by atoms with van der Waals surface area (Å²) in [5.74, 6) is 11.3. The van der Waals surface area contributed by atoms with E-state index in [9.17, 15) is 8.78 Å². The Labute approximate surface area is 153 Å². The molecule has 0 atom stereocenters. The van der Waals surface area contributed by atoms with Gasteiger partial charge in [-0.2, -0.15) is 19.0 Å². The van der Waals surface area contributed by atoms with Crippen LogP contribution in [0.5, 0.6) is 0 Å². The molecular formula is C18H12F2N4S2. The van der Waals surface area contributed by atoms with E-state index in [0.29, 0.717) is 21.5 Å². The maximum atomic E-state index is 13.9. The summed E-state index contributed by atoms with van der Waals surface area (Å²) in [5.41, 5.74) is 1.85. The molecule has 0 aliphatic heterocycles. The van der Waals surface area contributed by atoms with Crippen LogP contribution in [0, 0.1) is 24.1 Å². The van der Waals surface area contributed by atoms with Gasteiger partial charge in [0.1, 0.15) is 0 Å². The molecule has 130 valence electrons. The minimum atomic E-state index is -0.284. The molecule has 0 saturated carbocycles. The van der Waals surface area contributed by atoms with E-state index < -0.39 is 0 Å². The van der Waals surface area contributed by atoms with Crippen molar-refractivity contribution in [2.24, 2.45) is 21.9 Å². The third-order valence-corrected chi connectivity index (χ3v) is 6.98. The summed E-state index contributed by atoms with van der Waals surface area (Å²) in [5, 5.41) is 13.4. The molecular weight excluding hydrogens is 374 g/mol. The molecule has 4 nitrogen and oxygen atoms in total. The Hall–Kier alpha value is -2.58. The van der Waals surface area contributed by atoms with Gasteiger partial charge in [-0.25, -0.2) is 0 Å². The fraction of sp³-hybridized carbons (Fsp3) is 0.111. The van der Waals surface area contributed by atoms with Crippen molar-refractivity contribution < 1.29 is 8.78 Å². The molecule has 0 spiro atoms. The van der Waals surface area contributed by atoms with Crippen LogP contribution in [-0.4, -0.2) is 0 Å². The van der Waals surface area contributed by atoms with E-state index in [2.05, 4.69) is 10.2 Å². The first-order valence-corrected chi connectivity index (χ1v) is 9.45. The SMILES string of the molecule is Cc1c2/c(=N/N)c3cc(F)sc3c2c(C)c2/c(=N/N)c3cc(F)sc3c12. The van der Waals surface area contributed by atoms with Crippen molar-refractivity contribution in [3.05, 3.63) is 44.2 Å². The van der Waals surface area contributed by atoms with Gasteiger partial charge in [-0.1, -0.05) is 0 Å². The van der Waals surface area contributed by atoms with E-state index in [-0.39, 0.29) is 10.3 Å². The Kier molecular flexibility index (Phi) is 3.00. The highest BCUT2D eigenvalue weighted by atomic mass is 32.1. The molecule has 0 saturated heterocycles. The molecule has 0 fully saturated rings. The molecule has 0 aliphatic carbocycles. The van der Waals surface area contributed by atoms with Crippen molar-refractivity contribution in [2.75, 3.05) is 0 Å². The maximum Gasteiger partial charge on any atom is 0.177 e. The molecule has 3 aromatic carbocycles. The van der Waals surface area contributed by atoms with Crippen LogP contribution in [0.2, 0.25) is 0 Å². The lowest BCUT2D eigenvalue weighted by Gasteiger charge is -2.06. The number of halogens is 2. The van der Waals surface area contributed by atoms with Crippen molar-refractivity contribution in [3.63, 3.8) is 0 Å². The normalized spacial score (nSPS) is 14.2. The standard InChI is InChI=1S/C18H12F2N4S2/c1-5-11-14(18-7(15(11)23-21)3-10(20)26-18)6(2)12-13(5)17-8(16(12)24-22)4-9(19)25-17/h3-4H,21-22H2,1-2H3/b23-15+,24-16+. The molecule has 5 aromatic rings. The number of nitrogens with two attached hydrogens (primary N) is 2. The maximum absolute atomic E-state index is 13.9. The average Bonchev–Trinajstić information content (AvgIpc) is 3.29. The first-order valence-electron chi connectivity index (χ1n) is 7.81. The number of thiophene rings is 2. The monoisotopic (exact) mass is 386 g/mol. The number of nitrogens with zero attached hydrogens (tertiary/aromatic N) is 2. The van der Waals surface area contributed by atoms with Crippen molar-refractivity contribution in [2.45, 2.75) is 13.8 Å². The lowest BCUT2D eigenvalue weighted by molar-refractivity contribution is 0.658. The lowest BCUT2D eigenvalue weighted by Crippen LogP contribution is -2.07. The highest BCUT2D eigenvalue weighted by Gasteiger charge is 2.24. The molecule has 8 heteroatoms. The average molecular weight is 386 g/mol. The van der Waals surface area contributed by atoms with Crippen LogP contribution in [0.25, 0.3) is 41.7 Å². The van der Waals surface area contributed by atoms with E-state index >= 15 is 0 Å². The van der Waals surface area contributed by atoms with Gasteiger partial charge in [-0.3, -0.25) is 0 Å². The number of aryl methyl sites for hydroxylation is 2. The Morgan fingerprint density at radius 3 is 1.46 bits per heavy atom. The molecule has 0 bridgehead atoms. The third kappa shape index (κ3) is 1.66. The first kappa shape index (κ1) is 15.7. The zero-order chi connectivity index (χ0) is 18.3. The predicted octanol–water partition coefficient (Wildman–Crippen LogP) is 3.74. The molecule has 0 aliphatic rings. The van der Waals surface area contributed by atoms with Crippen LogP contribution < -0.4 is 22.4 Å². The van der Waals surface area contributed by atoms with Crippen LogP contribution in [-0.2, 0) is 0 Å². The van der Waals surface area contributed by atoms with Gasteiger partial charge >= 0.3 is 0 Å². The highest BCUT2D eigenvalue weighted by Crippen LogP contribution is 2.42. The second kappa shape index (κ2) is 4.99. The number of hydrogen-bond donors (Lipinski definition) is 2. The van der Waals surface area contributed by atoms with Gasteiger partial charge < -0.3 is 11.7 Å². The van der Waals surface area contributed by atoms with E-state index in [1.807, 2.05) is 13.8 Å². The van der Waals surface area contributed by atoms with Crippen LogP contribution >= 0.6 is 22.7 Å². The van der Waals surface area contributed by atoms with E-state index in [0.717, 1.165) is 64.7 Å². The first-order chi connectivity index (χ1) is 12.5. The zero-order valence-corrected chi connectivity index (χ0v) is 15.4. The van der Waals surface area contributed by atoms with Crippen LogP contribution in [0.1, 0.15) is 11.1 Å². The van der Waals surface area contributed by atoms with E-state index in [4.69, 9.17) is 11.7 Å². The van der Waals surface area contributed by atoms with Gasteiger partial charge in [-0.05, 0) is 37.1 Å². The number of hydrogen-bond acceptors (Lipinski definition) is 6. The predicted molar refractivity (Wildman–Crippen MR) is 103 cm³/mol.